The molecule has 2 rings (SSSR count). The lowest BCUT2D eigenvalue weighted by Gasteiger charge is -2.39. The van der Waals surface area contributed by atoms with Crippen LogP contribution in [0.4, 0.5) is 5.69 Å². The second-order valence-electron chi connectivity index (χ2n) is 4.83. The van der Waals surface area contributed by atoms with Crippen molar-refractivity contribution in [1.29, 1.82) is 0 Å². The number of hydrogen-bond acceptors (Lipinski definition) is 1. The van der Waals surface area contributed by atoms with Crippen LogP contribution in [0.5, 0.6) is 0 Å². The van der Waals surface area contributed by atoms with Crippen LogP contribution in [0.25, 0.3) is 0 Å². The van der Waals surface area contributed by atoms with Crippen molar-refractivity contribution in [3.8, 4) is 0 Å². The molecule has 1 aliphatic carbocycles. The van der Waals surface area contributed by atoms with Gasteiger partial charge in [-0.3, -0.25) is 0 Å². The number of hydrogen-bond donors (Lipinski definition) is 1. The third-order valence-corrected chi connectivity index (χ3v) is 3.81. The zero-order valence-corrected chi connectivity index (χ0v) is 10.9. The molecule has 1 aliphatic rings. The molecule has 1 nitrogen and oxygen atoms in total. The van der Waals surface area contributed by atoms with Gasteiger partial charge >= 0.3 is 0 Å². The van der Waals surface area contributed by atoms with Gasteiger partial charge in [0.05, 0.1) is 0 Å². The monoisotopic (exact) mass is 267 g/mol. The van der Waals surface area contributed by atoms with Gasteiger partial charge in [-0.05, 0) is 42.9 Å². The molecule has 15 heavy (non-hydrogen) atoms. The highest BCUT2D eigenvalue weighted by Gasteiger charge is 2.30. The van der Waals surface area contributed by atoms with E-state index in [0.717, 1.165) is 16.3 Å². The number of rotatable bonds is 3. The molecule has 1 aromatic rings. The van der Waals surface area contributed by atoms with E-state index in [1.165, 1.54) is 18.5 Å². The molecule has 0 bridgehead atoms. The zero-order chi connectivity index (χ0) is 10.8. The Kier molecular flexibility index (Phi) is 3.35. The van der Waals surface area contributed by atoms with E-state index in [1.807, 2.05) is 0 Å². The van der Waals surface area contributed by atoms with Crippen LogP contribution in [0.1, 0.15) is 26.7 Å². The highest BCUT2D eigenvalue weighted by atomic mass is 79.9. The van der Waals surface area contributed by atoms with Crippen molar-refractivity contribution in [1.82, 2.24) is 0 Å². The van der Waals surface area contributed by atoms with E-state index in [2.05, 4.69) is 59.4 Å². The van der Waals surface area contributed by atoms with Gasteiger partial charge in [0.2, 0.25) is 0 Å². The van der Waals surface area contributed by atoms with E-state index in [9.17, 15) is 0 Å². The van der Waals surface area contributed by atoms with Crippen molar-refractivity contribution in [3.63, 3.8) is 0 Å². The maximum absolute atomic E-state index is 3.57. The highest BCUT2D eigenvalue weighted by Crippen LogP contribution is 2.35. The third kappa shape index (κ3) is 2.75. The van der Waals surface area contributed by atoms with Gasteiger partial charge < -0.3 is 5.32 Å². The van der Waals surface area contributed by atoms with E-state index in [1.54, 1.807) is 0 Å². The van der Waals surface area contributed by atoms with E-state index in [-0.39, 0.29) is 0 Å². The molecule has 1 N–H and O–H groups in total. The second-order valence-corrected chi connectivity index (χ2v) is 5.74. The molecule has 0 aliphatic heterocycles. The van der Waals surface area contributed by atoms with Crippen LogP contribution in [0, 0.1) is 11.8 Å². The Labute approximate surface area is 100 Å². The summed E-state index contributed by atoms with van der Waals surface area (Å²) in [5.41, 5.74) is 1.23. The van der Waals surface area contributed by atoms with Gasteiger partial charge in [-0.1, -0.05) is 35.8 Å². The fourth-order valence-electron chi connectivity index (χ4n) is 2.14. The van der Waals surface area contributed by atoms with Gasteiger partial charge in [0.1, 0.15) is 0 Å². The Hall–Kier alpha value is -0.500. The third-order valence-electron chi connectivity index (χ3n) is 3.31. The number of benzene rings is 1. The molecular formula is C13H18BrN. The summed E-state index contributed by atoms with van der Waals surface area (Å²) in [6.07, 6.45) is 2.65. The fraction of sp³-hybridized carbons (Fsp3) is 0.538. The minimum atomic E-state index is 0.687. The maximum Gasteiger partial charge on any atom is 0.0353 e. The van der Waals surface area contributed by atoms with Gasteiger partial charge in [0.15, 0.2) is 0 Å². The molecule has 1 fully saturated rings. The molecule has 0 atom stereocenters. The van der Waals surface area contributed by atoms with E-state index in [0.29, 0.717) is 6.04 Å². The molecule has 0 spiro atoms. The molecule has 82 valence electrons. The molecule has 1 aromatic carbocycles. The lowest BCUT2D eigenvalue weighted by Crippen LogP contribution is -2.37. The Balaban J connectivity index is 1.85. The Bertz CT molecular complexity index is 329. The predicted molar refractivity (Wildman–Crippen MR) is 69.1 cm³/mol. The quantitative estimate of drug-likeness (QED) is 0.862. The van der Waals surface area contributed by atoms with Crippen LogP contribution in [0.15, 0.2) is 28.7 Å². The van der Waals surface area contributed by atoms with Crippen LogP contribution in [-0.2, 0) is 0 Å². The van der Waals surface area contributed by atoms with Crippen LogP contribution < -0.4 is 5.32 Å². The van der Waals surface area contributed by atoms with Crippen molar-refractivity contribution in [2.45, 2.75) is 32.7 Å². The summed E-state index contributed by atoms with van der Waals surface area (Å²) < 4.78 is 1.15. The van der Waals surface area contributed by atoms with Crippen molar-refractivity contribution >= 4 is 21.6 Å². The van der Waals surface area contributed by atoms with Crippen LogP contribution in [0.2, 0.25) is 0 Å². The molecule has 0 saturated heterocycles. The Morgan fingerprint density at radius 2 is 2.07 bits per heavy atom. The van der Waals surface area contributed by atoms with Crippen LogP contribution in [0.3, 0.4) is 0 Å². The molecule has 0 radical (unpaired) electrons. The Morgan fingerprint density at radius 1 is 1.33 bits per heavy atom. The van der Waals surface area contributed by atoms with Gasteiger partial charge in [0, 0.05) is 16.2 Å². The predicted octanol–water partition coefficient (Wildman–Crippen LogP) is 4.30. The maximum atomic E-state index is 3.57. The first-order valence-electron chi connectivity index (χ1n) is 5.67. The van der Waals surface area contributed by atoms with E-state index >= 15 is 0 Å². The first-order chi connectivity index (χ1) is 7.15. The van der Waals surface area contributed by atoms with Crippen LogP contribution in [-0.4, -0.2) is 6.04 Å². The lowest BCUT2D eigenvalue weighted by atomic mass is 9.73. The molecule has 0 heterocycles. The molecule has 1 saturated carbocycles. The molecule has 0 amide bonds. The highest BCUT2D eigenvalue weighted by molar-refractivity contribution is 9.10. The second kappa shape index (κ2) is 4.56. The SMILES string of the molecule is CC(C)C1CC(Nc2cccc(Br)c2)C1. The summed E-state index contributed by atoms with van der Waals surface area (Å²) in [7, 11) is 0. The minimum absolute atomic E-state index is 0.687. The molecule has 2 heteroatoms. The van der Waals surface area contributed by atoms with E-state index < -0.39 is 0 Å². The van der Waals surface area contributed by atoms with Gasteiger partial charge in [-0.25, -0.2) is 0 Å². The zero-order valence-electron chi connectivity index (χ0n) is 9.33. The van der Waals surface area contributed by atoms with Gasteiger partial charge in [-0.15, -0.1) is 0 Å². The first kappa shape index (κ1) is 11.0. The Morgan fingerprint density at radius 3 is 2.67 bits per heavy atom. The number of halogens is 1. The average Bonchev–Trinajstić information content (AvgIpc) is 2.10. The summed E-state index contributed by atoms with van der Waals surface area (Å²) in [6.45, 7) is 4.64. The van der Waals surface area contributed by atoms with Gasteiger partial charge in [0.25, 0.3) is 0 Å². The minimum Gasteiger partial charge on any atom is -0.382 e. The summed E-state index contributed by atoms with van der Waals surface area (Å²) in [4.78, 5) is 0. The largest absolute Gasteiger partial charge is 0.382 e. The summed E-state index contributed by atoms with van der Waals surface area (Å²) in [5.74, 6) is 1.76. The van der Waals surface area contributed by atoms with Gasteiger partial charge in [-0.2, -0.15) is 0 Å². The topological polar surface area (TPSA) is 12.0 Å². The number of nitrogens with one attached hydrogen (secondary N) is 1. The summed E-state index contributed by atoms with van der Waals surface area (Å²) in [5, 5.41) is 3.57. The van der Waals surface area contributed by atoms with Crippen molar-refractivity contribution < 1.29 is 0 Å². The normalized spacial score (nSPS) is 25.1. The summed E-state index contributed by atoms with van der Waals surface area (Å²) in [6, 6.07) is 9.09. The van der Waals surface area contributed by atoms with Crippen molar-refractivity contribution in [2.75, 3.05) is 5.32 Å². The lowest BCUT2D eigenvalue weighted by molar-refractivity contribution is 0.212. The molecule has 0 aromatic heterocycles. The van der Waals surface area contributed by atoms with Crippen molar-refractivity contribution in [3.05, 3.63) is 28.7 Å². The van der Waals surface area contributed by atoms with Crippen molar-refractivity contribution in [2.24, 2.45) is 11.8 Å². The fourth-order valence-corrected chi connectivity index (χ4v) is 2.54. The summed E-state index contributed by atoms with van der Waals surface area (Å²) >= 11 is 3.49. The average molecular weight is 268 g/mol. The molecular weight excluding hydrogens is 250 g/mol. The first-order valence-corrected chi connectivity index (χ1v) is 6.46. The van der Waals surface area contributed by atoms with E-state index in [4.69, 9.17) is 0 Å². The standard InChI is InChI=1S/C13H18BrN/c1-9(2)10-6-13(7-10)15-12-5-3-4-11(14)8-12/h3-5,8-10,13,15H,6-7H2,1-2H3. The van der Waals surface area contributed by atoms with Crippen LogP contribution >= 0.6 is 15.9 Å². The number of anilines is 1. The molecule has 0 unspecified atom stereocenters. The smallest absolute Gasteiger partial charge is 0.0353 e.